The highest BCUT2D eigenvalue weighted by Gasteiger charge is 2.07. The highest BCUT2D eigenvalue weighted by molar-refractivity contribution is 4.62. The molecule has 5 nitrogen and oxygen atoms in total. The summed E-state index contributed by atoms with van der Waals surface area (Å²) in [5.74, 6) is 0. The van der Waals surface area contributed by atoms with Gasteiger partial charge in [-0.05, 0) is 32.5 Å². The van der Waals surface area contributed by atoms with Crippen molar-refractivity contribution in [1.82, 2.24) is 9.80 Å². The van der Waals surface area contributed by atoms with Crippen LogP contribution in [0.2, 0.25) is 0 Å². The minimum Gasteiger partial charge on any atom is -0.395 e. The molecule has 0 atom stereocenters. The van der Waals surface area contributed by atoms with Crippen LogP contribution >= 0.6 is 0 Å². The maximum atomic E-state index is 9.34. The molecule has 0 heterocycles. The van der Waals surface area contributed by atoms with E-state index < -0.39 is 0 Å². The van der Waals surface area contributed by atoms with Crippen molar-refractivity contribution < 1.29 is 15.3 Å². The minimum absolute atomic E-state index is 0.139. The second-order valence-corrected chi connectivity index (χ2v) is 9.86. The number of aliphatic hydroxyl groups excluding tert-OH is 3. The zero-order valence-electron chi connectivity index (χ0n) is 22.3. The molecule has 0 aliphatic rings. The van der Waals surface area contributed by atoms with Gasteiger partial charge in [0.25, 0.3) is 0 Å². The Morgan fingerprint density at radius 2 is 0.606 bits per heavy atom. The Bertz CT molecular complexity index is 352. The number of hydrogen-bond donors (Lipinski definition) is 3. The third-order valence-corrected chi connectivity index (χ3v) is 6.78. The van der Waals surface area contributed by atoms with Gasteiger partial charge in [0, 0.05) is 19.6 Å². The van der Waals surface area contributed by atoms with Crippen molar-refractivity contribution in [1.29, 1.82) is 0 Å². The first-order valence-electron chi connectivity index (χ1n) is 14.6. The molecule has 0 saturated heterocycles. The van der Waals surface area contributed by atoms with Gasteiger partial charge in [0.05, 0.1) is 19.8 Å². The van der Waals surface area contributed by atoms with Gasteiger partial charge < -0.3 is 20.2 Å². The molecule has 0 amide bonds. The number of nitrogens with zero attached hydrogens (tertiary/aromatic N) is 2. The summed E-state index contributed by atoms with van der Waals surface area (Å²) in [4.78, 5) is 4.47. The highest BCUT2D eigenvalue weighted by atomic mass is 16.3. The van der Waals surface area contributed by atoms with Crippen LogP contribution in [0.25, 0.3) is 0 Å². The molecule has 33 heavy (non-hydrogen) atoms. The lowest BCUT2D eigenvalue weighted by Gasteiger charge is -2.24. The zero-order valence-corrected chi connectivity index (χ0v) is 22.3. The van der Waals surface area contributed by atoms with Crippen LogP contribution < -0.4 is 0 Å². The molecular weight excluding hydrogens is 412 g/mol. The van der Waals surface area contributed by atoms with Crippen molar-refractivity contribution in [3.63, 3.8) is 0 Å². The van der Waals surface area contributed by atoms with Gasteiger partial charge >= 0.3 is 0 Å². The molecule has 0 aromatic heterocycles. The minimum atomic E-state index is 0.139. The molecule has 3 N–H and O–H groups in total. The lowest BCUT2D eigenvalue weighted by Crippen LogP contribution is -2.35. The molecule has 200 valence electrons. The van der Waals surface area contributed by atoms with Gasteiger partial charge in [-0.15, -0.1) is 0 Å². The van der Waals surface area contributed by atoms with E-state index in [4.69, 9.17) is 10.2 Å². The molecule has 0 spiro atoms. The maximum absolute atomic E-state index is 9.34. The molecule has 0 aliphatic heterocycles. The van der Waals surface area contributed by atoms with Crippen LogP contribution in [0.5, 0.6) is 0 Å². The van der Waals surface area contributed by atoms with E-state index in [0.29, 0.717) is 13.1 Å². The number of hydrogen-bond acceptors (Lipinski definition) is 5. The lowest BCUT2D eigenvalue weighted by molar-refractivity contribution is 0.147. The van der Waals surface area contributed by atoms with Gasteiger partial charge in [-0.1, -0.05) is 110 Å². The standard InChI is InChI=1S/C28H60N2O3/c1-2-3-4-5-6-7-8-9-10-11-12-13-14-15-16-17-18-20-29(23-26-31)21-19-22-30(24-27-32)25-28-33/h31-33H,2-28H2,1H3. The Hall–Kier alpha value is -0.200. The zero-order chi connectivity index (χ0) is 24.2. The van der Waals surface area contributed by atoms with Gasteiger partial charge in [0.15, 0.2) is 0 Å². The van der Waals surface area contributed by atoms with Gasteiger partial charge in [-0.3, -0.25) is 4.90 Å². The Balaban J connectivity index is 3.47. The summed E-state index contributed by atoms with van der Waals surface area (Å²) in [5.41, 5.74) is 0. The van der Waals surface area contributed by atoms with Crippen molar-refractivity contribution in [3.8, 4) is 0 Å². The summed E-state index contributed by atoms with van der Waals surface area (Å²) < 4.78 is 0. The van der Waals surface area contributed by atoms with Crippen LogP contribution in [0.1, 0.15) is 122 Å². The number of rotatable bonds is 28. The molecule has 0 rings (SSSR count). The molecule has 0 aliphatic carbocycles. The first kappa shape index (κ1) is 32.8. The molecular formula is C28H60N2O3. The average Bonchev–Trinajstić information content (AvgIpc) is 2.81. The molecule has 0 bridgehead atoms. The fourth-order valence-corrected chi connectivity index (χ4v) is 4.67. The van der Waals surface area contributed by atoms with E-state index in [1.807, 2.05) is 0 Å². The third kappa shape index (κ3) is 24.7. The number of unbranched alkanes of at least 4 members (excludes halogenated alkanes) is 16. The van der Waals surface area contributed by atoms with Crippen molar-refractivity contribution in [3.05, 3.63) is 0 Å². The summed E-state index contributed by atoms with van der Waals surface area (Å²) in [6, 6.07) is 0. The van der Waals surface area contributed by atoms with Crippen LogP contribution in [-0.4, -0.2) is 84.2 Å². The maximum Gasteiger partial charge on any atom is 0.0558 e. The van der Waals surface area contributed by atoms with E-state index in [2.05, 4.69) is 16.7 Å². The van der Waals surface area contributed by atoms with E-state index in [9.17, 15) is 5.11 Å². The molecule has 0 unspecified atom stereocenters. The van der Waals surface area contributed by atoms with Gasteiger partial charge in [-0.2, -0.15) is 0 Å². The van der Waals surface area contributed by atoms with Crippen LogP contribution in [0.3, 0.4) is 0 Å². The summed E-state index contributed by atoms with van der Waals surface area (Å²) in [7, 11) is 0. The molecule has 5 heteroatoms. The Labute approximate surface area is 206 Å². The van der Waals surface area contributed by atoms with Gasteiger partial charge in [0.1, 0.15) is 0 Å². The first-order valence-corrected chi connectivity index (χ1v) is 14.6. The van der Waals surface area contributed by atoms with Crippen LogP contribution in [-0.2, 0) is 0 Å². The third-order valence-electron chi connectivity index (χ3n) is 6.78. The predicted octanol–water partition coefficient (Wildman–Crippen LogP) is 5.61. The summed E-state index contributed by atoms with van der Waals surface area (Å²) in [6.07, 6.45) is 24.8. The average molecular weight is 473 g/mol. The monoisotopic (exact) mass is 472 g/mol. The molecule has 0 aromatic rings. The van der Waals surface area contributed by atoms with E-state index in [1.165, 1.54) is 109 Å². The first-order chi connectivity index (χ1) is 16.3. The highest BCUT2D eigenvalue weighted by Crippen LogP contribution is 2.14. The van der Waals surface area contributed by atoms with Crippen LogP contribution in [0, 0.1) is 0 Å². The van der Waals surface area contributed by atoms with E-state index >= 15 is 0 Å². The fourth-order valence-electron chi connectivity index (χ4n) is 4.67. The van der Waals surface area contributed by atoms with Crippen molar-refractivity contribution in [2.45, 2.75) is 122 Å². The Kier molecular flexibility index (Phi) is 27.9. The van der Waals surface area contributed by atoms with E-state index in [1.54, 1.807) is 0 Å². The smallest absolute Gasteiger partial charge is 0.0558 e. The largest absolute Gasteiger partial charge is 0.395 e. The van der Waals surface area contributed by atoms with E-state index in [0.717, 1.165) is 32.6 Å². The Morgan fingerprint density at radius 3 is 0.939 bits per heavy atom. The molecule has 0 fully saturated rings. The summed E-state index contributed by atoms with van der Waals surface area (Å²) in [6.45, 7) is 7.72. The fraction of sp³-hybridized carbons (Fsp3) is 1.00. The predicted molar refractivity (Wildman–Crippen MR) is 143 cm³/mol. The van der Waals surface area contributed by atoms with Gasteiger partial charge in [0.2, 0.25) is 0 Å². The normalized spacial score (nSPS) is 11.8. The Morgan fingerprint density at radius 1 is 0.333 bits per heavy atom. The number of aliphatic hydroxyl groups is 3. The van der Waals surface area contributed by atoms with Crippen molar-refractivity contribution in [2.24, 2.45) is 0 Å². The van der Waals surface area contributed by atoms with Gasteiger partial charge in [-0.25, -0.2) is 0 Å². The summed E-state index contributed by atoms with van der Waals surface area (Å²) >= 11 is 0. The van der Waals surface area contributed by atoms with Crippen molar-refractivity contribution >= 4 is 0 Å². The van der Waals surface area contributed by atoms with Crippen LogP contribution in [0.15, 0.2) is 0 Å². The lowest BCUT2D eigenvalue weighted by atomic mass is 10.0. The molecule has 0 radical (unpaired) electrons. The van der Waals surface area contributed by atoms with Crippen LogP contribution in [0.4, 0.5) is 0 Å². The van der Waals surface area contributed by atoms with E-state index in [-0.39, 0.29) is 19.8 Å². The SMILES string of the molecule is CCCCCCCCCCCCCCCCCCCN(CCO)CCCN(CCO)CCO. The summed E-state index contributed by atoms with van der Waals surface area (Å²) in [5, 5.41) is 27.5. The quantitative estimate of drug-likeness (QED) is 0.129. The second kappa shape index (κ2) is 28.0. The van der Waals surface area contributed by atoms with Crippen molar-refractivity contribution in [2.75, 3.05) is 59.1 Å². The second-order valence-electron chi connectivity index (χ2n) is 9.86. The molecule has 0 saturated carbocycles. The topological polar surface area (TPSA) is 67.2 Å². The molecule has 0 aromatic carbocycles.